The molecule has 0 aromatic heterocycles. The Kier molecular flexibility index (Phi) is 12.8. The molecule has 0 aliphatic heterocycles. The molecule has 0 radical (unpaired) electrons. The molecular formula is C40H52. The summed E-state index contributed by atoms with van der Waals surface area (Å²) in [6.07, 6.45) is 29.7. The first-order chi connectivity index (χ1) is 18.8. The molecule has 0 heteroatoms. The summed E-state index contributed by atoms with van der Waals surface area (Å²) < 4.78 is 0. The molecule has 1 unspecified atom stereocenters. The van der Waals surface area contributed by atoms with Crippen molar-refractivity contribution in [1.82, 2.24) is 0 Å². The lowest BCUT2D eigenvalue weighted by atomic mass is 9.72. The zero-order valence-corrected chi connectivity index (χ0v) is 27.0. The van der Waals surface area contributed by atoms with E-state index in [1.165, 1.54) is 52.7 Å². The molecule has 0 aromatic rings. The summed E-state index contributed by atoms with van der Waals surface area (Å²) in [5.41, 5.74) is 9.76. The van der Waals surface area contributed by atoms with Crippen LogP contribution in [0.1, 0.15) is 101 Å². The predicted molar refractivity (Wildman–Crippen MR) is 179 cm³/mol. The largest absolute Gasteiger partial charge is 0.0985 e. The van der Waals surface area contributed by atoms with Crippen molar-refractivity contribution in [2.45, 2.75) is 101 Å². The topological polar surface area (TPSA) is 0 Å². The maximum absolute atomic E-state index is 3.33. The molecule has 0 fully saturated rings. The lowest BCUT2D eigenvalue weighted by Gasteiger charge is -2.32. The first-order valence-electron chi connectivity index (χ1n) is 14.9. The fourth-order valence-corrected chi connectivity index (χ4v) is 5.34. The Morgan fingerprint density at radius 2 is 1.68 bits per heavy atom. The van der Waals surface area contributed by atoms with E-state index in [-0.39, 0.29) is 16.7 Å². The van der Waals surface area contributed by atoms with E-state index in [1.54, 1.807) is 0 Å². The van der Waals surface area contributed by atoms with Crippen LogP contribution in [0.3, 0.4) is 0 Å². The van der Waals surface area contributed by atoms with Gasteiger partial charge in [-0.25, -0.2) is 0 Å². The van der Waals surface area contributed by atoms with Crippen molar-refractivity contribution in [3.63, 3.8) is 0 Å². The Balaban J connectivity index is 1.86. The van der Waals surface area contributed by atoms with Gasteiger partial charge in [-0.05, 0) is 101 Å². The molecule has 0 nitrogen and oxygen atoms in total. The molecule has 0 heterocycles. The van der Waals surface area contributed by atoms with Crippen molar-refractivity contribution in [3.8, 4) is 23.7 Å². The van der Waals surface area contributed by atoms with E-state index in [4.69, 9.17) is 0 Å². The highest BCUT2D eigenvalue weighted by atomic mass is 14.3. The number of hydrogen-bond acceptors (Lipinski definition) is 0. The van der Waals surface area contributed by atoms with Gasteiger partial charge < -0.3 is 0 Å². The third kappa shape index (κ3) is 11.1. The van der Waals surface area contributed by atoms with Crippen LogP contribution in [0.5, 0.6) is 0 Å². The van der Waals surface area contributed by atoms with Crippen LogP contribution in [0.2, 0.25) is 0 Å². The fraction of sp³-hybridized carbons (Fsp3) is 0.450. The van der Waals surface area contributed by atoms with Crippen molar-refractivity contribution in [2.24, 2.45) is 16.7 Å². The number of hydrogen-bond donors (Lipinski definition) is 0. The van der Waals surface area contributed by atoms with Crippen molar-refractivity contribution >= 4 is 0 Å². The van der Waals surface area contributed by atoms with Crippen LogP contribution in [0.25, 0.3) is 0 Å². The zero-order valence-electron chi connectivity index (χ0n) is 27.0. The van der Waals surface area contributed by atoms with Gasteiger partial charge in [-0.3, -0.25) is 0 Å². The molecule has 0 aromatic carbocycles. The number of rotatable bonds is 7. The van der Waals surface area contributed by atoms with Crippen LogP contribution in [0, 0.1) is 40.4 Å². The fourth-order valence-electron chi connectivity index (χ4n) is 5.34. The molecule has 0 amide bonds. The van der Waals surface area contributed by atoms with Crippen LogP contribution in [0.15, 0.2) is 106 Å². The molecule has 0 N–H and O–H groups in total. The maximum atomic E-state index is 3.33. The van der Waals surface area contributed by atoms with E-state index in [0.717, 1.165) is 18.4 Å². The molecule has 2 rings (SSSR count). The van der Waals surface area contributed by atoms with Crippen LogP contribution >= 0.6 is 0 Å². The second-order valence-electron chi connectivity index (χ2n) is 12.8. The van der Waals surface area contributed by atoms with Crippen LogP contribution in [-0.4, -0.2) is 0 Å². The van der Waals surface area contributed by atoms with Crippen LogP contribution < -0.4 is 0 Å². The molecule has 0 bridgehead atoms. The van der Waals surface area contributed by atoms with E-state index in [0.29, 0.717) is 0 Å². The van der Waals surface area contributed by atoms with Crippen molar-refractivity contribution in [2.75, 3.05) is 0 Å². The minimum absolute atomic E-state index is 0.105. The molecule has 2 aliphatic carbocycles. The molecule has 212 valence electrons. The summed E-state index contributed by atoms with van der Waals surface area (Å²) in [7, 11) is 0. The lowest BCUT2D eigenvalue weighted by Crippen LogP contribution is -2.19. The van der Waals surface area contributed by atoms with Gasteiger partial charge in [-0.15, -0.1) is 0 Å². The SMILES string of the molecule is CC1=C(/C=C/C(C)=C/C=CC(C)C#CC/C=C(\C)C#C/C=C(C)/C=C/C2=C(C)CCCC2(C)C)C(C)(C)C=CC1. The third-order valence-electron chi connectivity index (χ3n) is 7.85. The average molecular weight is 533 g/mol. The molecule has 1 atom stereocenters. The highest BCUT2D eigenvalue weighted by Crippen LogP contribution is 2.41. The van der Waals surface area contributed by atoms with Gasteiger partial charge in [0.2, 0.25) is 0 Å². The summed E-state index contributed by atoms with van der Waals surface area (Å²) in [6.45, 7) is 22.3. The van der Waals surface area contributed by atoms with E-state index in [1.807, 2.05) is 6.08 Å². The van der Waals surface area contributed by atoms with Gasteiger partial charge >= 0.3 is 0 Å². The molecular weight excluding hydrogens is 480 g/mol. The monoisotopic (exact) mass is 532 g/mol. The Morgan fingerprint density at radius 3 is 2.38 bits per heavy atom. The van der Waals surface area contributed by atoms with E-state index < -0.39 is 0 Å². The molecule has 0 spiro atoms. The van der Waals surface area contributed by atoms with Gasteiger partial charge in [0.25, 0.3) is 0 Å². The van der Waals surface area contributed by atoms with Crippen LogP contribution in [-0.2, 0) is 0 Å². The minimum Gasteiger partial charge on any atom is -0.0985 e. The molecule has 0 saturated carbocycles. The second-order valence-corrected chi connectivity index (χ2v) is 12.8. The van der Waals surface area contributed by atoms with Gasteiger partial charge in [0.1, 0.15) is 0 Å². The third-order valence-corrected chi connectivity index (χ3v) is 7.85. The summed E-state index contributed by atoms with van der Waals surface area (Å²) in [4.78, 5) is 0. The van der Waals surface area contributed by atoms with Gasteiger partial charge in [0.05, 0.1) is 0 Å². The highest BCUT2D eigenvalue weighted by Gasteiger charge is 2.26. The second kappa shape index (κ2) is 15.5. The predicted octanol–water partition coefficient (Wildman–Crippen LogP) is 11.4. The van der Waals surface area contributed by atoms with Gasteiger partial charge in [0.15, 0.2) is 0 Å². The zero-order chi connectivity index (χ0) is 29.8. The summed E-state index contributed by atoms with van der Waals surface area (Å²) >= 11 is 0. The maximum Gasteiger partial charge on any atom is 0.0357 e. The van der Waals surface area contributed by atoms with E-state index >= 15 is 0 Å². The Bertz CT molecular complexity index is 1310. The Morgan fingerprint density at radius 1 is 0.975 bits per heavy atom. The smallest absolute Gasteiger partial charge is 0.0357 e. The average Bonchev–Trinajstić information content (AvgIpc) is 2.85. The van der Waals surface area contributed by atoms with Crippen molar-refractivity contribution in [1.29, 1.82) is 0 Å². The summed E-state index contributed by atoms with van der Waals surface area (Å²) in [5, 5.41) is 0. The Hall–Kier alpha value is -3.22. The molecule has 40 heavy (non-hydrogen) atoms. The molecule has 2 aliphatic rings. The van der Waals surface area contributed by atoms with Crippen molar-refractivity contribution in [3.05, 3.63) is 106 Å². The van der Waals surface area contributed by atoms with Gasteiger partial charge in [0, 0.05) is 17.8 Å². The van der Waals surface area contributed by atoms with Crippen molar-refractivity contribution < 1.29 is 0 Å². The standard InChI is InChI=1S/C40H52/c1-31(19-13-21-33(3)25-27-37-35(5)23-15-29-39(37,7)8)17-11-12-18-32(2)20-14-22-34(4)26-28-38-36(6)24-16-30-40(38,9)10/h14,16-17,20-22,25-28,30,32H,11,15,23-24,29H2,1-10H3/b20-14?,27-25+,28-26+,31-17+,33-21+,34-22+. The first kappa shape index (κ1) is 33.0. The molecule has 0 saturated heterocycles. The normalized spacial score (nSPS) is 20.7. The van der Waals surface area contributed by atoms with Crippen LogP contribution in [0.4, 0.5) is 0 Å². The highest BCUT2D eigenvalue weighted by molar-refractivity contribution is 5.41. The quantitative estimate of drug-likeness (QED) is 0.174. The Labute approximate surface area is 247 Å². The lowest BCUT2D eigenvalue weighted by molar-refractivity contribution is 0.377. The van der Waals surface area contributed by atoms with E-state index in [2.05, 4.69) is 154 Å². The first-order valence-corrected chi connectivity index (χ1v) is 14.9. The summed E-state index contributed by atoms with van der Waals surface area (Å²) in [5.74, 6) is 13.3. The van der Waals surface area contributed by atoms with Gasteiger partial charge in [-0.2, -0.15) is 0 Å². The summed E-state index contributed by atoms with van der Waals surface area (Å²) in [6, 6.07) is 0. The van der Waals surface area contributed by atoms with E-state index in [9.17, 15) is 0 Å². The minimum atomic E-state index is 0.105. The van der Waals surface area contributed by atoms with Gasteiger partial charge in [-0.1, -0.05) is 129 Å². The number of allylic oxidation sites excluding steroid dienone is 18.